The lowest BCUT2D eigenvalue weighted by Gasteiger charge is -2.22. The lowest BCUT2D eigenvalue weighted by molar-refractivity contribution is -0.117. The van der Waals surface area contributed by atoms with Gasteiger partial charge in [0.2, 0.25) is 5.91 Å². The molecule has 0 atom stereocenters. The van der Waals surface area contributed by atoms with E-state index in [2.05, 4.69) is 10.3 Å². The van der Waals surface area contributed by atoms with Crippen LogP contribution in [0.4, 0.5) is 5.69 Å². The Bertz CT molecular complexity index is 411. The molecule has 2 rings (SSSR count). The van der Waals surface area contributed by atoms with Crippen LogP contribution in [0.15, 0.2) is 18.5 Å². The van der Waals surface area contributed by atoms with Gasteiger partial charge in [0.15, 0.2) is 0 Å². The molecule has 1 aliphatic carbocycles. The number of nitrogens with zero attached hydrogens (tertiary/aromatic N) is 1. The fourth-order valence-electron chi connectivity index (χ4n) is 2.36. The Morgan fingerprint density at radius 3 is 2.88 bits per heavy atom. The van der Waals surface area contributed by atoms with Crippen LogP contribution in [0.5, 0.6) is 0 Å². The highest BCUT2D eigenvalue weighted by atomic mass is 16.1. The van der Waals surface area contributed by atoms with Crippen molar-refractivity contribution in [1.29, 1.82) is 0 Å². The Labute approximate surface area is 102 Å². The minimum atomic E-state index is -0.291. The summed E-state index contributed by atoms with van der Waals surface area (Å²) >= 11 is 0. The Morgan fingerprint density at radius 1 is 1.53 bits per heavy atom. The topological polar surface area (TPSA) is 68.0 Å². The van der Waals surface area contributed by atoms with Crippen molar-refractivity contribution < 1.29 is 4.79 Å². The fourth-order valence-corrected chi connectivity index (χ4v) is 2.36. The molecule has 0 radical (unpaired) electrons. The maximum absolute atomic E-state index is 11.9. The molecule has 17 heavy (non-hydrogen) atoms. The molecule has 4 heteroatoms. The molecule has 3 N–H and O–H groups in total. The molecule has 0 bridgehead atoms. The van der Waals surface area contributed by atoms with Gasteiger partial charge in [-0.1, -0.05) is 12.8 Å². The molecule has 92 valence electrons. The summed E-state index contributed by atoms with van der Waals surface area (Å²) in [6.45, 7) is 1.95. The normalized spacial score (nSPS) is 18.0. The van der Waals surface area contributed by atoms with Gasteiger partial charge in [-0.3, -0.25) is 9.78 Å². The predicted molar refractivity (Wildman–Crippen MR) is 67.6 cm³/mol. The number of nitrogens with one attached hydrogen (secondary N) is 1. The first kappa shape index (κ1) is 12.0. The molecule has 1 aromatic heterocycles. The van der Waals surface area contributed by atoms with Crippen molar-refractivity contribution in [2.24, 2.45) is 5.73 Å². The number of aryl methyl sites for hydroxylation is 1. The Kier molecular flexibility index (Phi) is 3.43. The molecule has 1 aliphatic rings. The Hall–Kier alpha value is -1.42. The van der Waals surface area contributed by atoms with Crippen molar-refractivity contribution in [1.82, 2.24) is 4.98 Å². The molecular formula is C13H19N3O. The van der Waals surface area contributed by atoms with Crippen LogP contribution in [0, 0.1) is 6.92 Å². The third-order valence-electron chi connectivity index (χ3n) is 3.43. The summed E-state index contributed by atoms with van der Waals surface area (Å²) < 4.78 is 0. The third kappa shape index (κ3) is 3.03. The number of anilines is 1. The van der Waals surface area contributed by atoms with E-state index < -0.39 is 0 Å². The van der Waals surface area contributed by atoms with Crippen LogP contribution in [-0.2, 0) is 4.79 Å². The molecule has 0 aromatic carbocycles. The van der Waals surface area contributed by atoms with Crippen LogP contribution in [-0.4, -0.2) is 16.4 Å². The molecule has 4 nitrogen and oxygen atoms in total. The molecule has 1 aromatic rings. The van der Waals surface area contributed by atoms with Gasteiger partial charge in [-0.05, 0) is 31.4 Å². The molecule has 0 spiro atoms. The van der Waals surface area contributed by atoms with Crippen LogP contribution >= 0.6 is 0 Å². The lowest BCUT2D eigenvalue weighted by Crippen LogP contribution is -2.40. The molecule has 0 aliphatic heterocycles. The standard InChI is InChI=1S/C13H19N3O/c1-10-4-7-15-9-11(10)16-12(17)8-13(14)5-2-3-6-13/h4,7,9H,2-3,5-6,8,14H2,1H3,(H,16,17). The second kappa shape index (κ2) is 4.84. The van der Waals surface area contributed by atoms with E-state index in [-0.39, 0.29) is 11.4 Å². The maximum Gasteiger partial charge on any atom is 0.226 e. The van der Waals surface area contributed by atoms with E-state index in [1.165, 1.54) is 0 Å². The van der Waals surface area contributed by atoms with Crippen molar-refractivity contribution in [3.05, 3.63) is 24.0 Å². The summed E-state index contributed by atoms with van der Waals surface area (Å²) in [5.74, 6) is -0.00880. The van der Waals surface area contributed by atoms with Gasteiger partial charge in [-0.25, -0.2) is 0 Å². The number of nitrogens with two attached hydrogens (primary N) is 1. The minimum absolute atomic E-state index is 0.00880. The molecule has 0 saturated heterocycles. The second-order valence-corrected chi connectivity index (χ2v) is 4.99. The predicted octanol–water partition coefficient (Wildman–Crippen LogP) is 1.99. The van der Waals surface area contributed by atoms with Crippen LogP contribution < -0.4 is 11.1 Å². The molecular weight excluding hydrogens is 214 g/mol. The average molecular weight is 233 g/mol. The summed E-state index contributed by atoms with van der Waals surface area (Å²) in [5.41, 5.74) is 7.68. The first-order valence-electron chi connectivity index (χ1n) is 6.08. The minimum Gasteiger partial charge on any atom is -0.325 e. The summed E-state index contributed by atoms with van der Waals surface area (Å²) in [7, 11) is 0. The third-order valence-corrected chi connectivity index (χ3v) is 3.43. The smallest absolute Gasteiger partial charge is 0.226 e. The van der Waals surface area contributed by atoms with Gasteiger partial charge in [0.05, 0.1) is 11.9 Å². The van der Waals surface area contributed by atoms with Gasteiger partial charge < -0.3 is 11.1 Å². The average Bonchev–Trinajstić information content (AvgIpc) is 2.68. The van der Waals surface area contributed by atoms with Crippen LogP contribution in [0.25, 0.3) is 0 Å². The SMILES string of the molecule is Cc1ccncc1NC(=O)CC1(N)CCCC1. The van der Waals surface area contributed by atoms with Gasteiger partial charge in [0.25, 0.3) is 0 Å². The quantitative estimate of drug-likeness (QED) is 0.839. The van der Waals surface area contributed by atoms with E-state index in [1.807, 2.05) is 13.0 Å². The number of hydrogen-bond acceptors (Lipinski definition) is 3. The Morgan fingerprint density at radius 2 is 2.24 bits per heavy atom. The second-order valence-electron chi connectivity index (χ2n) is 4.99. The summed E-state index contributed by atoms with van der Waals surface area (Å²) in [6.07, 6.45) is 7.96. The lowest BCUT2D eigenvalue weighted by atomic mass is 9.94. The van der Waals surface area contributed by atoms with Crippen LogP contribution in [0.3, 0.4) is 0 Å². The number of carbonyl (C=O) groups is 1. The van der Waals surface area contributed by atoms with Gasteiger partial charge in [-0.15, -0.1) is 0 Å². The number of carbonyl (C=O) groups excluding carboxylic acids is 1. The van der Waals surface area contributed by atoms with Crippen molar-refractivity contribution >= 4 is 11.6 Å². The van der Waals surface area contributed by atoms with E-state index in [0.29, 0.717) is 6.42 Å². The summed E-state index contributed by atoms with van der Waals surface area (Å²) in [6, 6.07) is 1.88. The number of pyridine rings is 1. The van der Waals surface area contributed by atoms with Crippen molar-refractivity contribution in [2.75, 3.05) is 5.32 Å². The Balaban J connectivity index is 1.96. The first-order valence-corrected chi connectivity index (χ1v) is 6.08. The monoisotopic (exact) mass is 233 g/mol. The highest BCUT2D eigenvalue weighted by Crippen LogP contribution is 2.30. The zero-order valence-corrected chi connectivity index (χ0v) is 10.2. The van der Waals surface area contributed by atoms with Crippen molar-refractivity contribution in [2.45, 2.75) is 44.6 Å². The molecule has 1 fully saturated rings. The van der Waals surface area contributed by atoms with Crippen molar-refractivity contribution in [3.63, 3.8) is 0 Å². The number of amides is 1. The van der Waals surface area contributed by atoms with Gasteiger partial charge in [-0.2, -0.15) is 0 Å². The van der Waals surface area contributed by atoms with E-state index in [4.69, 9.17) is 5.73 Å². The number of aromatic nitrogens is 1. The molecule has 1 amide bonds. The van der Waals surface area contributed by atoms with Gasteiger partial charge in [0, 0.05) is 18.2 Å². The summed E-state index contributed by atoms with van der Waals surface area (Å²) in [5, 5.41) is 2.88. The maximum atomic E-state index is 11.9. The highest BCUT2D eigenvalue weighted by molar-refractivity contribution is 5.92. The molecule has 0 unspecified atom stereocenters. The number of hydrogen-bond donors (Lipinski definition) is 2. The molecule has 1 heterocycles. The molecule has 1 saturated carbocycles. The fraction of sp³-hybridized carbons (Fsp3) is 0.538. The van der Waals surface area contributed by atoms with Crippen LogP contribution in [0.1, 0.15) is 37.7 Å². The van der Waals surface area contributed by atoms with E-state index in [0.717, 1.165) is 36.9 Å². The van der Waals surface area contributed by atoms with Crippen LogP contribution in [0.2, 0.25) is 0 Å². The zero-order chi connectivity index (χ0) is 12.3. The van der Waals surface area contributed by atoms with Gasteiger partial charge in [0.1, 0.15) is 0 Å². The highest BCUT2D eigenvalue weighted by Gasteiger charge is 2.31. The van der Waals surface area contributed by atoms with Gasteiger partial charge >= 0.3 is 0 Å². The van der Waals surface area contributed by atoms with E-state index >= 15 is 0 Å². The summed E-state index contributed by atoms with van der Waals surface area (Å²) in [4.78, 5) is 15.9. The first-order chi connectivity index (χ1) is 8.09. The zero-order valence-electron chi connectivity index (χ0n) is 10.2. The van der Waals surface area contributed by atoms with E-state index in [1.54, 1.807) is 12.4 Å². The van der Waals surface area contributed by atoms with Crippen molar-refractivity contribution in [3.8, 4) is 0 Å². The largest absolute Gasteiger partial charge is 0.325 e. The van der Waals surface area contributed by atoms with E-state index in [9.17, 15) is 4.79 Å². The number of rotatable bonds is 3.